The Bertz CT molecular complexity index is 885. The van der Waals surface area contributed by atoms with Crippen molar-refractivity contribution in [3.8, 4) is 17.1 Å². The van der Waals surface area contributed by atoms with Crippen molar-refractivity contribution in [2.45, 2.75) is 6.42 Å². The van der Waals surface area contributed by atoms with Crippen LogP contribution in [0.4, 0.5) is 11.4 Å². The van der Waals surface area contributed by atoms with Crippen LogP contribution in [0, 0.1) is 10.1 Å². The molecule has 2 aromatic carbocycles. The number of nitrogens with zero attached hydrogens (tertiary/aromatic N) is 3. The van der Waals surface area contributed by atoms with Crippen molar-refractivity contribution in [1.29, 1.82) is 0 Å². The van der Waals surface area contributed by atoms with Crippen molar-refractivity contribution < 1.29 is 14.3 Å². The van der Waals surface area contributed by atoms with Gasteiger partial charge >= 0.3 is 0 Å². The van der Waals surface area contributed by atoms with Crippen molar-refractivity contribution in [3.63, 3.8) is 0 Å². The predicted molar refractivity (Wildman–Crippen MR) is 96.4 cm³/mol. The Kier molecular flexibility index (Phi) is 5.65. The summed E-state index contributed by atoms with van der Waals surface area (Å²) in [7, 11) is 0. The lowest BCUT2D eigenvalue weighted by Crippen LogP contribution is -2.08. The first-order valence-electron chi connectivity index (χ1n) is 7.84. The number of hydrogen-bond donors (Lipinski definition) is 1. The molecular formula is C17H15ClN4O4. The summed E-state index contributed by atoms with van der Waals surface area (Å²) in [5.41, 5.74) is 2.00. The summed E-state index contributed by atoms with van der Waals surface area (Å²) in [6, 6.07) is 13.8. The molecule has 3 rings (SSSR count). The Balaban J connectivity index is 1.49. The van der Waals surface area contributed by atoms with Gasteiger partial charge in [-0.2, -0.15) is 0 Å². The highest BCUT2D eigenvalue weighted by Crippen LogP contribution is 2.27. The number of halogens is 1. The van der Waals surface area contributed by atoms with E-state index < -0.39 is 4.92 Å². The molecule has 0 atom stereocenters. The monoisotopic (exact) mass is 374 g/mol. The summed E-state index contributed by atoms with van der Waals surface area (Å²) in [6.07, 6.45) is 0.661. The molecule has 1 N–H and O–H groups in total. The van der Waals surface area contributed by atoms with Crippen LogP contribution in [-0.4, -0.2) is 28.4 Å². The highest BCUT2D eigenvalue weighted by Gasteiger charge is 2.13. The molecule has 0 aliphatic rings. The van der Waals surface area contributed by atoms with Gasteiger partial charge in [0.15, 0.2) is 5.69 Å². The number of nitro groups is 1. The highest BCUT2D eigenvalue weighted by atomic mass is 35.5. The van der Waals surface area contributed by atoms with Crippen LogP contribution in [0.1, 0.15) is 6.42 Å². The fourth-order valence-electron chi connectivity index (χ4n) is 2.27. The molecule has 8 nitrogen and oxygen atoms in total. The van der Waals surface area contributed by atoms with E-state index in [2.05, 4.69) is 15.6 Å². The van der Waals surface area contributed by atoms with Gasteiger partial charge in [-0.3, -0.25) is 10.1 Å². The Morgan fingerprint density at radius 1 is 1.19 bits per heavy atom. The topological polar surface area (TPSA) is 103 Å². The van der Waals surface area contributed by atoms with E-state index in [9.17, 15) is 10.1 Å². The van der Waals surface area contributed by atoms with Crippen molar-refractivity contribution in [2.24, 2.45) is 0 Å². The SMILES string of the molecule is O=[N+]([O-])c1ccc(NCCCOc2nonc2-c2ccccc2)c(Cl)c1. The summed E-state index contributed by atoms with van der Waals surface area (Å²) in [6.45, 7) is 0.967. The van der Waals surface area contributed by atoms with Crippen LogP contribution in [-0.2, 0) is 0 Å². The minimum atomic E-state index is -0.486. The quantitative estimate of drug-likeness (QED) is 0.358. The second kappa shape index (κ2) is 8.30. The average Bonchev–Trinajstić information content (AvgIpc) is 3.11. The van der Waals surface area contributed by atoms with E-state index in [0.717, 1.165) is 5.56 Å². The lowest BCUT2D eigenvalue weighted by molar-refractivity contribution is -0.384. The summed E-state index contributed by atoms with van der Waals surface area (Å²) in [5, 5.41) is 21.7. The van der Waals surface area contributed by atoms with Gasteiger partial charge in [0, 0.05) is 24.2 Å². The number of aromatic nitrogens is 2. The van der Waals surface area contributed by atoms with Crippen molar-refractivity contribution >= 4 is 23.0 Å². The first-order valence-corrected chi connectivity index (χ1v) is 8.21. The summed E-state index contributed by atoms with van der Waals surface area (Å²) < 4.78 is 10.4. The number of nitrogens with one attached hydrogen (secondary N) is 1. The van der Waals surface area contributed by atoms with Gasteiger partial charge < -0.3 is 10.1 Å². The maximum atomic E-state index is 10.7. The number of anilines is 1. The molecule has 0 aliphatic heterocycles. The van der Waals surface area contributed by atoms with Crippen LogP contribution >= 0.6 is 11.6 Å². The molecule has 9 heteroatoms. The Labute approximate surface area is 153 Å². The third kappa shape index (κ3) is 4.28. The molecule has 1 heterocycles. The van der Waals surface area contributed by atoms with Crippen LogP contribution in [0.3, 0.4) is 0 Å². The smallest absolute Gasteiger partial charge is 0.283 e. The highest BCUT2D eigenvalue weighted by molar-refractivity contribution is 6.33. The number of rotatable bonds is 8. The summed E-state index contributed by atoms with van der Waals surface area (Å²) in [4.78, 5) is 10.2. The van der Waals surface area contributed by atoms with E-state index in [4.69, 9.17) is 21.0 Å². The Morgan fingerprint density at radius 3 is 2.73 bits per heavy atom. The van der Waals surface area contributed by atoms with Crippen molar-refractivity contribution in [3.05, 3.63) is 63.7 Å². The molecule has 0 amide bonds. The normalized spacial score (nSPS) is 10.5. The van der Waals surface area contributed by atoms with Gasteiger partial charge in [-0.25, -0.2) is 4.63 Å². The zero-order valence-electron chi connectivity index (χ0n) is 13.6. The lowest BCUT2D eigenvalue weighted by atomic mass is 10.2. The number of benzene rings is 2. The van der Waals surface area contributed by atoms with Crippen molar-refractivity contribution in [2.75, 3.05) is 18.5 Å². The van der Waals surface area contributed by atoms with Crippen LogP contribution in [0.15, 0.2) is 53.2 Å². The molecule has 0 spiro atoms. The van der Waals surface area contributed by atoms with Gasteiger partial charge in [0.05, 0.1) is 22.2 Å². The molecule has 0 saturated carbocycles. The minimum Gasteiger partial charge on any atom is -0.474 e. The van der Waals surface area contributed by atoms with E-state index in [-0.39, 0.29) is 5.69 Å². The minimum absolute atomic E-state index is 0.0455. The van der Waals surface area contributed by atoms with E-state index >= 15 is 0 Å². The summed E-state index contributed by atoms with van der Waals surface area (Å²) >= 11 is 6.03. The molecule has 3 aromatic rings. The van der Waals surface area contributed by atoms with Crippen LogP contribution in [0.5, 0.6) is 5.88 Å². The number of hydrogen-bond acceptors (Lipinski definition) is 7. The van der Waals surface area contributed by atoms with E-state index in [1.807, 2.05) is 30.3 Å². The molecule has 134 valence electrons. The van der Waals surface area contributed by atoms with Gasteiger partial charge in [0.25, 0.3) is 11.6 Å². The van der Waals surface area contributed by atoms with Crippen molar-refractivity contribution in [1.82, 2.24) is 10.3 Å². The number of ether oxygens (including phenoxy) is 1. The Hall–Kier alpha value is -3.13. The maximum absolute atomic E-state index is 10.7. The Morgan fingerprint density at radius 2 is 2.00 bits per heavy atom. The zero-order valence-corrected chi connectivity index (χ0v) is 14.3. The second-order valence-electron chi connectivity index (χ2n) is 5.33. The fourth-order valence-corrected chi connectivity index (χ4v) is 2.51. The molecule has 0 bridgehead atoms. The van der Waals surface area contributed by atoms with Gasteiger partial charge in [-0.15, -0.1) is 0 Å². The van der Waals surface area contributed by atoms with E-state index in [0.29, 0.717) is 41.9 Å². The van der Waals surface area contributed by atoms with Crippen LogP contribution < -0.4 is 10.1 Å². The molecule has 0 radical (unpaired) electrons. The third-order valence-corrected chi connectivity index (χ3v) is 3.86. The molecular weight excluding hydrogens is 360 g/mol. The van der Waals surface area contributed by atoms with E-state index in [1.165, 1.54) is 12.1 Å². The van der Waals surface area contributed by atoms with Crippen LogP contribution in [0.25, 0.3) is 11.3 Å². The van der Waals surface area contributed by atoms with Crippen LogP contribution in [0.2, 0.25) is 5.02 Å². The van der Waals surface area contributed by atoms with Gasteiger partial charge in [0.2, 0.25) is 0 Å². The molecule has 1 aromatic heterocycles. The average molecular weight is 375 g/mol. The third-order valence-electron chi connectivity index (χ3n) is 3.54. The standard InChI is InChI=1S/C17H15ClN4O4/c18-14-11-13(22(23)24)7-8-15(14)19-9-4-10-25-17-16(20-26-21-17)12-5-2-1-3-6-12/h1-3,5-8,11,19H,4,9-10H2. The fraction of sp³-hybridized carbons (Fsp3) is 0.176. The van der Waals surface area contributed by atoms with Gasteiger partial charge in [-0.05, 0) is 22.8 Å². The lowest BCUT2D eigenvalue weighted by Gasteiger charge is -2.08. The van der Waals surface area contributed by atoms with Gasteiger partial charge in [-0.1, -0.05) is 41.9 Å². The first kappa shape index (κ1) is 17.7. The molecule has 0 aliphatic carbocycles. The predicted octanol–water partition coefficient (Wildman–Crippen LogP) is 4.18. The number of nitro benzene ring substituents is 1. The molecule has 0 fully saturated rings. The molecule has 0 unspecified atom stereocenters. The maximum Gasteiger partial charge on any atom is 0.283 e. The van der Waals surface area contributed by atoms with E-state index in [1.54, 1.807) is 6.07 Å². The molecule has 0 saturated heterocycles. The second-order valence-corrected chi connectivity index (χ2v) is 5.74. The zero-order chi connectivity index (χ0) is 18.4. The van der Waals surface area contributed by atoms with Gasteiger partial charge in [0.1, 0.15) is 0 Å². The molecule has 26 heavy (non-hydrogen) atoms. The summed E-state index contributed by atoms with van der Waals surface area (Å²) in [5.74, 6) is 0.338. The largest absolute Gasteiger partial charge is 0.474 e. The first-order chi connectivity index (χ1) is 12.6. The number of non-ortho nitro benzene ring substituents is 1.